The van der Waals surface area contributed by atoms with Crippen LogP contribution in [0, 0.1) is 11.3 Å². The number of methoxy groups -OCH3 is 1. The molecule has 18 heavy (non-hydrogen) atoms. The third-order valence-corrected chi connectivity index (χ3v) is 4.21. The van der Waals surface area contributed by atoms with E-state index in [4.69, 9.17) is 10.5 Å². The molecule has 0 amide bonds. The Bertz CT molecular complexity index is 229. The summed E-state index contributed by atoms with van der Waals surface area (Å²) < 4.78 is 5.27. The van der Waals surface area contributed by atoms with Crippen LogP contribution in [0.2, 0.25) is 0 Å². The van der Waals surface area contributed by atoms with Gasteiger partial charge < -0.3 is 10.5 Å². The van der Waals surface area contributed by atoms with Crippen LogP contribution in [0.15, 0.2) is 0 Å². The van der Waals surface area contributed by atoms with Crippen LogP contribution < -0.4 is 5.73 Å². The van der Waals surface area contributed by atoms with Crippen molar-refractivity contribution < 1.29 is 4.74 Å². The molecule has 1 aliphatic rings. The summed E-state index contributed by atoms with van der Waals surface area (Å²) in [6.07, 6.45) is 3.55. The molecular weight excluding hydrogens is 224 g/mol. The minimum Gasteiger partial charge on any atom is -0.384 e. The first-order chi connectivity index (χ1) is 8.40. The number of ether oxygens (including phenoxy) is 1. The van der Waals surface area contributed by atoms with Crippen LogP contribution >= 0.6 is 0 Å². The molecule has 0 aliphatic carbocycles. The van der Waals surface area contributed by atoms with E-state index in [2.05, 4.69) is 32.6 Å². The molecule has 0 bridgehead atoms. The maximum atomic E-state index is 6.36. The van der Waals surface area contributed by atoms with Crippen LogP contribution in [-0.2, 0) is 4.74 Å². The molecule has 1 heterocycles. The fourth-order valence-corrected chi connectivity index (χ4v) is 3.32. The molecule has 3 nitrogen and oxygen atoms in total. The van der Waals surface area contributed by atoms with Gasteiger partial charge in [-0.2, -0.15) is 0 Å². The van der Waals surface area contributed by atoms with Gasteiger partial charge in [0.25, 0.3) is 0 Å². The van der Waals surface area contributed by atoms with Crippen LogP contribution in [0.4, 0.5) is 0 Å². The summed E-state index contributed by atoms with van der Waals surface area (Å²) in [7, 11) is 1.80. The van der Waals surface area contributed by atoms with Crippen molar-refractivity contribution in [2.45, 2.75) is 59.0 Å². The number of nitrogens with two attached hydrogens (primary N) is 1. The summed E-state index contributed by atoms with van der Waals surface area (Å²) in [5.41, 5.74) is 6.61. The second-order valence-electron chi connectivity index (χ2n) is 6.82. The Morgan fingerprint density at radius 1 is 1.28 bits per heavy atom. The van der Waals surface area contributed by atoms with E-state index in [1.165, 1.54) is 25.9 Å². The molecule has 3 heteroatoms. The molecule has 0 radical (unpaired) electrons. The molecule has 2 N–H and O–H groups in total. The van der Waals surface area contributed by atoms with Gasteiger partial charge >= 0.3 is 0 Å². The average molecular weight is 256 g/mol. The van der Waals surface area contributed by atoms with E-state index in [9.17, 15) is 0 Å². The Morgan fingerprint density at radius 3 is 2.22 bits per heavy atom. The summed E-state index contributed by atoms with van der Waals surface area (Å²) in [4.78, 5) is 2.61. The van der Waals surface area contributed by atoms with Crippen LogP contribution in [0.1, 0.15) is 47.0 Å². The zero-order chi connectivity index (χ0) is 13.8. The maximum absolute atomic E-state index is 6.36. The second-order valence-corrected chi connectivity index (χ2v) is 6.82. The predicted octanol–water partition coefficient (Wildman–Crippen LogP) is 2.50. The first kappa shape index (κ1) is 15.9. The second kappa shape index (κ2) is 6.88. The standard InChI is InChI=1S/C15H32N2O/c1-6-13(16)14(15(2,3)4)17-9-7-12(8-10-17)11-18-5/h12-14H,6-11,16H2,1-5H3. The van der Waals surface area contributed by atoms with Crippen LogP contribution in [0.3, 0.4) is 0 Å². The summed E-state index contributed by atoms with van der Waals surface area (Å²) >= 11 is 0. The average Bonchev–Trinajstić information content (AvgIpc) is 2.30. The number of rotatable bonds is 5. The minimum absolute atomic E-state index is 0.253. The molecule has 1 fully saturated rings. The molecule has 0 aromatic carbocycles. The van der Waals surface area contributed by atoms with Gasteiger partial charge in [0.15, 0.2) is 0 Å². The van der Waals surface area contributed by atoms with Crippen molar-refractivity contribution in [3.8, 4) is 0 Å². The van der Waals surface area contributed by atoms with Crippen molar-refractivity contribution in [3.63, 3.8) is 0 Å². The number of hydrogen-bond acceptors (Lipinski definition) is 3. The molecule has 0 saturated carbocycles. The topological polar surface area (TPSA) is 38.5 Å². The molecule has 2 unspecified atom stereocenters. The van der Waals surface area contributed by atoms with Crippen LogP contribution in [-0.4, -0.2) is 43.8 Å². The number of nitrogens with zero attached hydrogens (tertiary/aromatic N) is 1. The summed E-state index contributed by atoms with van der Waals surface area (Å²) in [6, 6.07) is 0.773. The number of piperidine rings is 1. The molecule has 1 aliphatic heterocycles. The van der Waals surface area contributed by atoms with Crippen molar-refractivity contribution in [1.29, 1.82) is 0 Å². The Hall–Kier alpha value is -0.120. The normalized spacial score (nSPS) is 23.0. The lowest BCUT2D eigenvalue weighted by Gasteiger charge is -2.46. The number of hydrogen-bond donors (Lipinski definition) is 1. The van der Waals surface area contributed by atoms with Crippen molar-refractivity contribution in [2.75, 3.05) is 26.8 Å². The van der Waals surface area contributed by atoms with Gasteiger partial charge in [-0.05, 0) is 43.7 Å². The minimum atomic E-state index is 0.253. The lowest BCUT2D eigenvalue weighted by molar-refractivity contribution is 0.0293. The van der Waals surface area contributed by atoms with Gasteiger partial charge in [-0.3, -0.25) is 4.90 Å². The smallest absolute Gasteiger partial charge is 0.0491 e. The quantitative estimate of drug-likeness (QED) is 0.821. The highest BCUT2D eigenvalue weighted by Crippen LogP contribution is 2.31. The SMILES string of the molecule is CCC(N)C(N1CCC(COC)CC1)C(C)(C)C. The van der Waals surface area contributed by atoms with Crippen molar-refractivity contribution in [1.82, 2.24) is 4.90 Å². The summed E-state index contributed by atoms with van der Waals surface area (Å²) in [5, 5.41) is 0. The van der Waals surface area contributed by atoms with E-state index in [1.807, 2.05) is 0 Å². The first-order valence-corrected chi connectivity index (χ1v) is 7.38. The molecule has 108 valence electrons. The fourth-order valence-electron chi connectivity index (χ4n) is 3.32. The Kier molecular flexibility index (Phi) is 6.09. The molecule has 2 atom stereocenters. The first-order valence-electron chi connectivity index (χ1n) is 7.38. The monoisotopic (exact) mass is 256 g/mol. The van der Waals surface area contributed by atoms with Crippen molar-refractivity contribution in [3.05, 3.63) is 0 Å². The predicted molar refractivity (Wildman–Crippen MR) is 77.7 cm³/mol. The zero-order valence-corrected chi connectivity index (χ0v) is 12.9. The summed E-state index contributed by atoms with van der Waals surface area (Å²) in [6.45, 7) is 12.4. The molecule has 0 aromatic heterocycles. The van der Waals surface area contributed by atoms with Gasteiger partial charge in [0.1, 0.15) is 0 Å². The zero-order valence-electron chi connectivity index (χ0n) is 12.9. The largest absolute Gasteiger partial charge is 0.384 e. The molecule has 1 rings (SSSR count). The molecule has 1 saturated heterocycles. The van der Waals surface area contributed by atoms with E-state index in [0.29, 0.717) is 6.04 Å². The third-order valence-electron chi connectivity index (χ3n) is 4.21. The van der Waals surface area contributed by atoms with E-state index >= 15 is 0 Å². The Balaban J connectivity index is 2.61. The molecule has 0 aromatic rings. The lowest BCUT2D eigenvalue weighted by Crippen LogP contribution is -2.56. The van der Waals surface area contributed by atoms with Gasteiger partial charge in [0.2, 0.25) is 0 Å². The van der Waals surface area contributed by atoms with Crippen LogP contribution in [0.5, 0.6) is 0 Å². The van der Waals surface area contributed by atoms with Crippen molar-refractivity contribution >= 4 is 0 Å². The van der Waals surface area contributed by atoms with Gasteiger partial charge in [0.05, 0.1) is 0 Å². The van der Waals surface area contributed by atoms with Crippen LogP contribution in [0.25, 0.3) is 0 Å². The lowest BCUT2D eigenvalue weighted by atomic mass is 9.79. The molecular formula is C15H32N2O. The van der Waals surface area contributed by atoms with E-state index in [0.717, 1.165) is 18.9 Å². The van der Waals surface area contributed by atoms with E-state index < -0.39 is 0 Å². The third kappa shape index (κ3) is 4.22. The fraction of sp³-hybridized carbons (Fsp3) is 1.00. The van der Waals surface area contributed by atoms with E-state index in [1.54, 1.807) is 7.11 Å². The van der Waals surface area contributed by atoms with Gasteiger partial charge in [-0.1, -0.05) is 27.7 Å². The highest BCUT2D eigenvalue weighted by molar-refractivity contribution is 4.92. The Labute approximate surface area is 113 Å². The maximum Gasteiger partial charge on any atom is 0.0491 e. The Morgan fingerprint density at radius 2 is 1.83 bits per heavy atom. The highest BCUT2D eigenvalue weighted by atomic mass is 16.5. The van der Waals surface area contributed by atoms with Crippen molar-refractivity contribution in [2.24, 2.45) is 17.1 Å². The summed E-state index contributed by atoms with van der Waals surface area (Å²) in [5.74, 6) is 0.740. The number of likely N-dealkylation sites (tertiary alicyclic amines) is 1. The van der Waals surface area contributed by atoms with Gasteiger partial charge in [0, 0.05) is 25.8 Å². The van der Waals surface area contributed by atoms with Gasteiger partial charge in [-0.25, -0.2) is 0 Å². The van der Waals surface area contributed by atoms with Gasteiger partial charge in [-0.15, -0.1) is 0 Å². The van der Waals surface area contributed by atoms with E-state index in [-0.39, 0.29) is 11.5 Å². The highest BCUT2D eigenvalue weighted by Gasteiger charge is 2.36. The molecule has 0 spiro atoms.